The van der Waals surface area contributed by atoms with Gasteiger partial charge in [0.05, 0.1) is 11.3 Å². The first kappa shape index (κ1) is 20.2. The van der Waals surface area contributed by atoms with E-state index in [2.05, 4.69) is 5.32 Å². The van der Waals surface area contributed by atoms with Gasteiger partial charge in [-0.1, -0.05) is 29.8 Å². The van der Waals surface area contributed by atoms with Gasteiger partial charge in [0.1, 0.15) is 6.54 Å². The van der Waals surface area contributed by atoms with Crippen LogP contribution in [0, 0.1) is 0 Å². The molecule has 0 spiro atoms. The number of carbonyl (C=O) groups is 3. The number of carbonyl (C=O) groups excluding carboxylic acids is 3. The van der Waals surface area contributed by atoms with Crippen LogP contribution < -0.4 is 10.2 Å². The summed E-state index contributed by atoms with van der Waals surface area (Å²) in [5, 5.41) is 2.83. The van der Waals surface area contributed by atoms with Crippen molar-refractivity contribution in [3.63, 3.8) is 0 Å². The highest BCUT2D eigenvalue weighted by Crippen LogP contribution is 2.46. The molecule has 156 valence electrons. The topological polar surface area (TPSA) is 69.7 Å². The van der Waals surface area contributed by atoms with Gasteiger partial charge in [-0.2, -0.15) is 13.2 Å². The molecule has 6 nitrogen and oxygen atoms in total. The van der Waals surface area contributed by atoms with Gasteiger partial charge in [-0.3, -0.25) is 24.2 Å². The normalized spacial score (nSPS) is 20.8. The molecule has 1 atom stereocenters. The second-order valence-corrected chi connectivity index (χ2v) is 7.47. The van der Waals surface area contributed by atoms with Crippen molar-refractivity contribution >= 4 is 40.7 Å². The minimum Gasteiger partial charge on any atom is -0.322 e. The fraction of sp³-hybridized carbons (Fsp3) is 0.250. The van der Waals surface area contributed by atoms with Crippen molar-refractivity contribution in [2.75, 3.05) is 16.8 Å². The van der Waals surface area contributed by atoms with Crippen molar-refractivity contribution in [3.8, 4) is 0 Å². The molecule has 2 aliphatic rings. The van der Waals surface area contributed by atoms with Crippen LogP contribution in [0.25, 0.3) is 0 Å². The van der Waals surface area contributed by atoms with Crippen LogP contribution in [0.3, 0.4) is 0 Å². The van der Waals surface area contributed by atoms with Gasteiger partial charge in [0.15, 0.2) is 0 Å². The van der Waals surface area contributed by atoms with Crippen LogP contribution in [0.1, 0.15) is 23.2 Å². The highest BCUT2D eigenvalue weighted by Gasteiger charge is 2.62. The standard InChI is InChI=1S/C20H15ClF3N3O3/c21-12-4-3-5-13(10-12)25-18(30)19-9-8-16(28)27(19)15-7-2-1-6-14(15)17(29)26(19)11-20(22,23)24/h1-7,10H,8-9,11H2,(H,25,30). The molecule has 0 radical (unpaired) electrons. The van der Waals surface area contributed by atoms with E-state index in [0.717, 1.165) is 4.90 Å². The summed E-state index contributed by atoms with van der Waals surface area (Å²) < 4.78 is 40.2. The summed E-state index contributed by atoms with van der Waals surface area (Å²) in [6.45, 7) is -1.67. The highest BCUT2D eigenvalue weighted by molar-refractivity contribution is 6.31. The second-order valence-electron chi connectivity index (χ2n) is 7.03. The minimum absolute atomic E-state index is 0.0665. The molecule has 1 fully saturated rings. The Morgan fingerprint density at radius 2 is 1.87 bits per heavy atom. The number of hydrogen-bond donors (Lipinski definition) is 1. The number of nitrogens with zero attached hydrogens (tertiary/aromatic N) is 2. The number of para-hydroxylation sites is 1. The number of alkyl halides is 3. The molecule has 3 amide bonds. The van der Waals surface area contributed by atoms with E-state index in [0.29, 0.717) is 9.92 Å². The average molecular weight is 438 g/mol. The summed E-state index contributed by atoms with van der Waals surface area (Å²) in [6.07, 6.45) is -5.23. The van der Waals surface area contributed by atoms with Gasteiger partial charge in [-0.25, -0.2) is 0 Å². The minimum atomic E-state index is -4.78. The van der Waals surface area contributed by atoms with Gasteiger partial charge >= 0.3 is 6.18 Å². The van der Waals surface area contributed by atoms with Crippen LogP contribution in [-0.2, 0) is 9.59 Å². The fourth-order valence-corrected chi connectivity index (χ4v) is 4.17. The van der Waals surface area contributed by atoms with Gasteiger partial charge in [0.2, 0.25) is 11.6 Å². The smallest absolute Gasteiger partial charge is 0.322 e. The number of fused-ring (bicyclic) bond motifs is 3. The third-order valence-electron chi connectivity index (χ3n) is 5.16. The third kappa shape index (κ3) is 3.19. The lowest BCUT2D eigenvalue weighted by Crippen LogP contribution is -2.70. The molecule has 0 bridgehead atoms. The van der Waals surface area contributed by atoms with Gasteiger partial charge in [-0.05, 0) is 30.3 Å². The zero-order valence-corrected chi connectivity index (χ0v) is 16.1. The molecule has 0 aliphatic carbocycles. The van der Waals surface area contributed by atoms with Gasteiger partial charge < -0.3 is 5.32 Å². The Hall–Kier alpha value is -3.07. The maximum atomic E-state index is 13.4. The number of nitrogens with one attached hydrogen (secondary N) is 1. The van der Waals surface area contributed by atoms with E-state index in [1.54, 1.807) is 18.2 Å². The van der Waals surface area contributed by atoms with Crippen molar-refractivity contribution in [1.82, 2.24) is 4.90 Å². The van der Waals surface area contributed by atoms with Crippen LogP contribution in [0.4, 0.5) is 24.5 Å². The summed E-state index contributed by atoms with van der Waals surface area (Å²) in [5.74, 6) is -2.42. The molecular weight excluding hydrogens is 423 g/mol. The first-order valence-corrected chi connectivity index (χ1v) is 9.39. The molecule has 1 unspecified atom stereocenters. The first-order chi connectivity index (χ1) is 14.1. The molecule has 10 heteroatoms. The van der Waals surface area contributed by atoms with E-state index in [1.807, 2.05) is 0 Å². The quantitative estimate of drug-likeness (QED) is 0.793. The molecule has 4 rings (SSSR count). The first-order valence-electron chi connectivity index (χ1n) is 9.01. The predicted octanol–water partition coefficient (Wildman–Crippen LogP) is 3.82. The zero-order chi connectivity index (χ0) is 21.7. The van der Waals surface area contributed by atoms with E-state index in [4.69, 9.17) is 11.6 Å². The number of benzene rings is 2. The number of amides is 3. The number of halogens is 4. The van der Waals surface area contributed by atoms with Crippen molar-refractivity contribution in [1.29, 1.82) is 0 Å². The number of anilines is 2. The molecule has 2 aromatic rings. The number of rotatable bonds is 3. The fourth-order valence-electron chi connectivity index (χ4n) is 3.98. The van der Waals surface area contributed by atoms with Crippen LogP contribution in [-0.4, -0.2) is 41.0 Å². The molecule has 0 aromatic heterocycles. The largest absolute Gasteiger partial charge is 0.406 e. The Bertz CT molecular complexity index is 1060. The molecule has 0 saturated carbocycles. The lowest BCUT2D eigenvalue weighted by Gasteiger charge is -2.49. The molecular formula is C20H15ClF3N3O3. The van der Waals surface area contributed by atoms with Crippen LogP contribution in [0.5, 0.6) is 0 Å². The van der Waals surface area contributed by atoms with Crippen molar-refractivity contribution in [2.24, 2.45) is 0 Å². The third-order valence-corrected chi connectivity index (χ3v) is 5.39. The van der Waals surface area contributed by atoms with Crippen LogP contribution in [0.2, 0.25) is 5.02 Å². The SMILES string of the molecule is O=C1c2ccccc2N2C(=O)CCC2(C(=O)Nc2cccc(Cl)c2)N1CC(F)(F)F. The van der Waals surface area contributed by atoms with E-state index in [-0.39, 0.29) is 29.8 Å². The molecule has 1 saturated heterocycles. The van der Waals surface area contributed by atoms with Gasteiger partial charge in [-0.15, -0.1) is 0 Å². The maximum absolute atomic E-state index is 13.4. The van der Waals surface area contributed by atoms with E-state index in [9.17, 15) is 27.6 Å². The Morgan fingerprint density at radius 3 is 2.57 bits per heavy atom. The Balaban J connectivity index is 1.87. The molecule has 2 heterocycles. The molecule has 2 aliphatic heterocycles. The summed E-state index contributed by atoms with van der Waals surface area (Å²) in [6, 6.07) is 11.9. The molecule has 30 heavy (non-hydrogen) atoms. The Labute approximate surface area is 174 Å². The lowest BCUT2D eigenvalue weighted by atomic mass is 9.95. The summed E-state index contributed by atoms with van der Waals surface area (Å²) in [4.78, 5) is 40.6. The van der Waals surface area contributed by atoms with E-state index < -0.39 is 36.1 Å². The Kier molecular flexibility index (Phi) is 4.73. The van der Waals surface area contributed by atoms with Crippen molar-refractivity contribution in [2.45, 2.75) is 24.7 Å². The van der Waals surface area contributed by atoms with Gasteiger partial charge in [0, 0.05) is 23.6 Å². The predicted molar refractivity (Wildman–Crippen MR) is 103 cm³/mol. The van der Waals surface area contributed by atoms with E-state index >= 15 is 0 Å². The monoisotopic (exact) mass is 437 g/mol. The van der Waals surface area contributed by atoms with Gasteiger partial charge in [0.25, 0.3) is 11.8 Å². The zero-order valence-electron chi connectivity index (χ0n) is 15.4. The second kappa shape index (κ2) is 7.02. The Morgan fingerprint density at radius 1 is 1.13 bits per heavy atom. The van der Waals surface area contributed by atoms with Crippen molar-refractivity contribution < 1.29 is 27.6 Å². The average Bonchev–Trinajstić information content (AvgIpc) is 3.03. The summed E-state index contributed by atoms with van der Waals surface area (Å²) >= 11 is 5.92. The molecule has 1 N–H and O–H groups in total. The van der Waals surface area contributed by atoms with E-state index in [1.165, 1.54) is 30.3 Å². The molecule has 2 aromatic carbocycles. The van der Waals surface area contributed by atoms with Crippen molar-refractivity contribution in [3.05, 3.63) is 59.1 Å². The summed E-state index contributed by atoms with van der Waals surface area (Å²) in [5.41, 5.74) is -1.85. The lowest BCUT2D eigenvalue weighted by molar-refractivity contribution is -0.157. The maximum Gasteiger partial charge on any atom is 0.406 e. The number of hydrogen-bond acceptors (Lipinski definition) is 3. The highest BCUT2D eigenvalue weighted by atomic mass is 35.5. The van der Waals surface area contributed by atoms with Crippen LogP contribution >= 0.6 is 11.6 Å². The summed E-state index contributed by atoms with van der Waals surface area (Å²) in [7, 11) is 0. The van der Waals surface area contributed by atoms with Crippen LogP contribution in [0.15, 0.2) is 48.5 Å².